The summed E-state index contributed by atoms with van der Waals surface area (Å²) in [4.78, 5) is 0. The summed E-state index contributed by atoms with van der Waals surface area (Å²) in [6.45, 7) is 2.05. The van der Waals surface area contributed by atoms with E-state index in [2.05, 4.69) is 24.3 Å². The number of rotatable bonds is 8. The molecule has 0 aliphatic carbocycles. The van der Waals surface area contributed by atoms with Crippen molar-refractivity contribution in [3.05, 3.63) is 24.3 Å². The summed E-state index contributed by atoms with van der Waals surface area (Å²) in [6, 6.07) is 0. The predicted molar refractivity (Wildman–Crippen MR) is 81.1 cm³/mol. The standard InChI is InChI=1S/C12H20.4ClH.W/c1-3-5-7-9-11-12-10-8-6-4-2;;;;;/h1,4,6,9,11H,3,5,7-8,10,12H2,2H3;4*1H;/q;;;;;+4/p-4/b6-4+,11-9+;;;;;. The van der Waals surface area contributed by atoms with E-state index in [0.29, 0.717) is 0 Å². The average molecular weight is 490 g/mol. The van der Waals surface area contributed by atoms with Gasteiger partial charge in [0.1, 0.15) is 0 Å². The third kappa shape index (κ3) is 17.2. The molecule has 0 aliphatic heterocycles. The summed E-state index contributed by atoms with van der Waals surface area (Å²) in [7, 11) is 19.0. The Morgan fingerprint density at radius 1 is 0.765 bits per heavy atom. The van der Waals surface area contributed by atoms with Crippen molar-refractivity contribution in [1.82, 2.24) is 0 Å². The van der Waals surface area contributed by atoms with Crippen LogP contribution in [0.1, 0.15) is 45.4 Å². The van der Waals surface area contributed by atoms with E-state index < -0.39 is 10.2 Å². The molecule has 5 heteroatoms. The van der Waals surface area contributed by atoms with Gasteiger partial charge in [0.2, 0.25) is 0 Å². The fourth-order valence-corrected chi connectivity index (χ4v) is 6.05. The first-order valence-electron chi connectivity index (χ1n) is 5.73. The van der Waals surface area contributed by atoms with Crippen LogP contribution >= 0.6 is 37.7 Å². The van der Waals surface area contributed by atoms with Crippen molar-refractivity contribution in [3.8, 4) is 0 Å². The minimum atomic E-state index is -4.27. The van der Waals surface area contributed by atoms with Crippen LogP contribution in [0.25, 0.3) is 0 Å². The Hall–Kier alpha value is 1.20. The normalized spacial score (nSPS) is 15.2. The molecule has 0 rings (SSSR count). The molecule has 0 fully saturated rings. The Kier molecular flexibility index (Phi) is 9.80. The third-order valence-corrected chi connectivity index (χ3v) is 8.87. The molecule has 0 aromatic rings. The molecule has 0 amide bonds. The number of halogens is 4. The zero-order valence-electron chi connectivity index (χ0n) is 10.0. The first-order valence-corrected chi connectivity index (χ1v) is 22.0. The van der Waals surface area contributed by atoms with Crippen molar-refractivity contribution in [2.24, 2.45) is 0 Å². The van der Waals surface area contributed by atoms with Crippen molar-refractivity contribution in [3.63, 3.8) is 0 Å². The van der Waals surface area contributed by atoms with Crippen LogP contribution in [-0.4, -0.2) is 4.40 Å². The van der Waals surface area contributed by atoms with Crippen molar-refractivity contribution in [2.75, 3.05) is 0 Å². The van der Waals surface area contributed by atoms with Gasteiger partial charge in [-0.1, -0.05) is 0 Å². The Balaban J connectivity index is 3.53. The van der Waals surface area contributed by atoms with E-state index >= 15 is 0 Å². The predicted octanol–water partition coefficient (Wildman–Crippen LogP) is 6.57. The molecule has 17 heavy (non-hydrogen) atoms. The fraction of sp³-hybridized carbons (Fsp3) is 0.583. The molecule has 102 valence electrons. The second kappa shape index (κ2) is 9.16. The number of hydrogen-bond donors (Lipinski definition) is 0. The van der Waals surface area contributed by atoms with E-state index in [1.165, 1.54) is 6.42 Å². The van der Waals surface area contributed by atoms with Gasteiger partial charge in [0.05, 0.1) is 0 Å². The molecule has 0 spiro atoms. The van der Waals surface area contributed by atoms with Crippen LogP contribution in [-0.2, 0) is 10.2 Å². The number of unbranched alkanes of at least 4 members (excludes halogenated alkanes) is 4. The van der Waals surface area contributed by atoms with Crippen molar-refractivity contribution >= 4 is 42.1 Å². The molecular weight excluding hydrogens is 470 g/mol. The summed E-state index contributed by atoms with van der Waals surface area (Å²) >= 11 is 0. The topological polar surface area (TPSA) is 0 Å². The Labute approximate surface area is 121 Å². The monoisotopic (exact) mass is 488 g/mol. The Morgan fingerprint density at radius 3 is 1.71 bits per heavy atom. The van der Waals surface area contributed by atoms with E-state index in [-0.39, 0.29) is 0 Å². The summed E-state index contributed by atoms with van der Waals surface area (Å²) in [5, 5.41) is 0. The van der Waals surface area contributed by atoms with Crippen LogP contribution < -0.4 is 0 Å². The van der Waals surface area contributed by atoms with E-state index in [1.807, 2.05) is 6.92 Å². The molecule has 0 N–H and O–H groups in total. The Bertz CT molecular complexity index is 302. The van der Waals surface area contributed by atoms with E-state index in [1.54, 1.807) is 4.40 Å². The van der Waals surface area contributed by atoms with Crippen LogP contribution in [0.3, 0.4) is 0 Å². The molecule has 0 aromatic heterocycles. The van der Waals surface area contributed by atoms with Gasteiger partial charge in [-0.2, -0.15) is 0 Å². The van der Waals surface area contributed by atoms with Crippen LogP contribution in [0.15, 0.2) is 24.3 Å². The van der Waals surface area contributed by atoms with Gasteiger partial charge in [0.15, 0.2) is 0 Å². The average Bonchev–Trinajstić information content (AvgIpc) is 2.18. The first-order chi connectivity index (χ1) is 7.81. The van der Waals surface area contributed by atoms with E-state index in [0.717, 1.165) is 32.1 Å². The van der Waals surface area contributed by atoms with Gasteiger partial charge in [0, 0.05) is 0 Å². The SMILES string of the molecule is C/C=C/CCC/C=C/CCC[CH]=[W]([Cl])([Cl])([Cl])[Cl]. The van der Waals surface area contributed by atoms with Gasteiger partial charge in [-0.15, -0.1) is 0 Å². The Morgan fingerprint density at radius 2 is 1.24 bits per heavy atom. The molecule has 0 saturated heterocycles. The van der Waals surface area contributed by atoms with Crippen LogP contribution in [0, 0.1) is 0 Å². The van der Waals surface area contributed by atoms with Crippen LogP contribution in [0.5, 0.6) is 0 Å². The zero-order chi connectivity index (χ0) is 13.2. The van der Waals surface area contributed by atoms with Crippen LogP contribution in [0.2, 0.25) is 0 Å². The molecular formula is C12H20Cl4W. The van der Waals surface area contributed by atoms with Gasteiger partial charge in [-0.3, -0.25) is 0 Å². The minimum absolute atomic E-state index is 0.785. The quantitative estimate of drug-likeness (QED) is 0.267. The van der Waals surface area contributed by atoms with Crippen LogP contribution in [0.4, 0.5) is 0 Å². The van der Waals surface area contributed by atoms with Gasteiger partial charge in [-0.25, -0.2) is 0 Å². The van der Waals surface area contributed by atoms with E-state index in [4.69, 9.17) is 37.7 Å². The first kappa shape index (κ1) is 18.2. The molecule has 0 aromatic carbocycles. The summed E-state index contributed by atoms with van der Waals surface area (Å²) in [5.74, 6) is 0. The van der Waals surface area contributed by atoms with Gasteiger partial charge < -0.3 is 0 Å². The summed E-state index contributed by atoms with van der Waals surface area (Å²) in [5.41, 5.74) is 0. The molecule has 0 unspecified atom stereocenters. The second-order valence-electron chi connectivity index (χ2n) is 3.78. The molecule has 0 radical (unpaired) electrons. The molecule has 0 bridgehead atoms. The van der Waals surface area contributed by atoms with Crippen molar-refractivity contribution in [1.29, 1.82) is 0 Å². The molecule has 0 saturated carbocycles. The van der Waals surface area contributed by atoms with E-state index in [9.17, 15) is 0 Å². The third-order valence-electron chi connectivity index (χ3n) is 2.09. The van der Waals surface area contributed by atoms with Crippen molar-refractivity contribution in [2.45, 2.75) is 45.4 Å². The molecule has 0 aliphatic rings. The molecule has 0 heterocycles. The number of allylic oxidation sites excluding steroid dienone is 4. The summed E-state index contributed by atoms with van der Waals surface area (Å²) in [6.07, 6.45) is 15.0. The molecule has 0 nitrogen and oxygen atoms in total. The maximum absolute atomic E-state index is 5.82. The zero-order valence-corrected chi connectivity index (χ0v) is 16.0. The second-order valence-corrected chi connectivity index (χ2v) is 38.8. The number of hydrogen-bond acceptors (Lipinski definition) is 0. The van der Waals surface area contributed by atoms with Gasteiger partial charge in [0.25, 0.3) is 0 Å². The van der Waals surface area contributed by atoms with Gasteiger partial charge >= 0.3 is 122 Å². The molecule has 0 atom stereocenters. The van der Waals surface area contributed by atoms with Gasteiger partial charge in [-0.05, 0) is 0 Å². The summed E-state index contributed by atoms with van der Waals surface area (Å²) < 4.78 is 1.71. The fourth-order valence-electron chi connectivity index (χ4n) is 1.25. The maximum atomic E-state index is 5.82. The van der Waals surface area contributed by atoms with Crippen molar-refractivity contribution < 1.29 is 10.2 Å².